The Morgan fingerprint density at radius 3 is 2.67 bits per heavy atom. The highest BCUT2D eigenvalue weighted by Crippen LogP contribution is 2.15. The molecular formula is C12H15NO2. The van der Waals surface area contributed by atoms with Gasteiger partial charge in [-0.1, -0.05) is 30.3 Å². The van der Waals surface area contributed by atoms with E-state index < -0.39 is 6.10 Å². The van der Waals surface area contributed by atoms with E-state index in [1.807, 2.05) is 35.2 Å². The summed E-state index contributed by atoms with van der Waals surface area (Å²) in [4.78, 5) is 13.0. The SMILES string of the molecule is O=C1CCN(C[C@@H](O)c2ccccc2)C1. The molecule has 0 unspecified atom stereocenters. The Hall–Kier alpha value is -1.19. The number of carbonyl (C=O) groups is 1. The molecule has 1 aromatic rings. The van der Waals surface area contributed by atoms with Crippen LogP contribution in [0.4, 0.5) is 0 Å². The van der Waals surface area contributed by atoms with Crippen LogP contribution in [0.5, 0.6) is 0 Å². The average Bonchev–Trinajstić information content (AvgIpc) is 2.65. The first-order valence-electron chi connectivity index (χ1n) is 5.23. The minimum atomic E-state index is -0.489. The number of hydrogen-bond acceptors (Lipinski definition) is 3. The summed E-state index contributed by atoms with van der Waals surface area (Å²) in [5.74, 6) is 0.273. The molecule has 0 radical (unpaired) electrons. The molecule has 0 aromatic heterocycles. The number of aliphatic hydroxyl groups excluding tert-OH is 1. The van der Waals surface area contributed by atoms with E-state index in [-0.39, 0.29) is 5.78 Å². The van der Waals surface area contributed by atoms with Gasteiger partial charge in [-0.2, -0.15) is 0 Å². The molecule has 0 aliphatic carbocycles. The van der Waals surface area contributed by atoms with Crippen LogP contribution in [0, 0.1) is 0 Å². The van der Waals surface area contributed by atoms with Crippen molar-refractivity contribution in [3.05, 3.63) is 35.9 Å². The van der Waals surface area contributed by atoms with Crippen molar-refractivity contribution in [3.63, 3.8) is 0 Å². The van der Waals surface area contributed by atoms with Crippen molar-refractivity contribution in [1.82, 2.24) is 4.90 Å². The van der Waals surface area contributed by atoms with Crippen molar-refractivity contribution in [2.45, 2.75) is 12.5 Å². The van der Waals surface area contributed by atoms with Crippen LogP contribution in [0.3, 0.4) is 0 Å². The quantitative estimate of drug-likeness (QED) is 0.800. The number of aliphatic hydroxyl groups is 1. The molecule has 1 N–H and O–H groups in total. The van der Waals surface area contributed by atoms with Crippen LogP contribution in [0.1, 0.15) is 18.1 Å². The molecule has 1 atom stereocenters. The molecule has 0 saturated carbocycles. The molecule has 1 saturated heterocycles. The van der Waals surface area contributed by atoms with Gasteiger partial charge >= 0.3 is 0 Å². The largest absolute Gasteiger partial charge is 0.387 e. The van der Waals surface area contributed by atoms with Gasteiger partial charge < -0.3 is 5.11 Å². The molecule has 0 spiro atoms. The molecule has 0 bridgehead atoms. The Bertz CT molecular complexity index is 337. The predicted molar refractivity (Wildman–Crippen MR) is 57.5 cm³/mol. The summed E-state index contributed by atoms with van der Waals surface area (Å²) in [6, 6.07) is 9.56. The molecule has 3 nitrogen and oxygen atoms in total. The van der Waals surface area contributed by atoms with E-state index in [0.717, 1.165) is 12.1 Å². The highest BCUT2D eigenvalue weighted by atomic mass is 16.3. The molecule has 1 aliphatic rings. The lowest BCUT2D eigenvalue weighted by molar-refractivity contribution is -0.117. The van der Waals surface area contributed by atoms with Gasteiger partial charge in [0.1, 0.15) is 5.78 Å². The number of carbonyl (C=O) groups excluding carboxylic acids is 1. The third-order valence-electron chi connectivity index (χ3n) is 2.72. The van der Waals surface area contributed by atoms with E-state index in [1.165, 1.54) is 0 Å². The predicted octanol–water partition coefficient (Wildman–Crippen LogP) is 0.995. The summed E-state index contributed by atoms with van der Waals surface area (Å²) in [5.41, 5.74) is 0.914. The highest BCUT2D eigenvalue weighted by molar-refractivity contribution is 5.82. The maximum absolute atomic E-state index is 11.0. The van der Waals surface area contributed by atoms with Crippen molar-refractivity contribution < 1.29 is 9.90 Å². The molecular weight excluding hydrogens is 190 g/mol. The summed E-state index contributed by atoms with van der Waals surface area (Å²) >= 11 is 0. The summed E-state index contributed by atoms with van der Waals surface area (Å²) in [6.07, 6.45) is 0.138. The Labute approximate surface area is 89.3 Å². The first-order chi connectivity index (χ1) is 7.25. The third-order valence-corrected chi connectivity index (χ3v) is 2.72. The lowest BCUT2D eigenvalue weighted by atomic mass is 10.1. The van der Waals surface area contributed by atoms with Crippen LogP contribution >= 0.6 is 0 Å². The zero-order valence-corrected chi connectivity index (χ0v) is 8.60. The van der Waals surface area contributed by atoms with E-state index in [1.54, 1.807) is 0 Å². The fourth-order valence-electron chi connectivity index (χ4n) is 1.87. The van der Waals surface area contributed by atoms with Gasteiger partial charge in [0.15, 0.2) is 0 Å². The van der Waals surface area contributed by atoms with E-state index in [9.17, 15) is 9.90 Å². The lowest BCUT2D eigenvalue weighted by Crippen LogP contribution is -2.26. The van der Waals surface area contributed by atoms with Gasteiger partial charge in [-0.3, -0.25) is 9.69 Å². The lowest BCUT2D eigenvalue weighted by Gasteiger charge is -2.18. The fourth-order valence-corrected chi connectivity index (χ4v) is 1.87. The normalized spacial score (nSPS) is 19.4. The third kappa shape index (κ3) is 2.64. The minimum Gasteiger partial charge on any atom is -0.387 e. The van der Waals surface area contributed by atoms with Gasteiger partial charge in [-0.25, -0.2) is 0 Å². The topological polar surface area (TPSA) is 40.5 Å². The molecule has 15 heavy (non-hydrogen) atoms. The van der Waals surface area contributed by atoms with Crippen LogP contribution in [0.25, 0.3) is 0 Å². The van der Waals surface area contributed by atoms with Gasteiger partial charge in [0, 0.05) is 19.5 Å². The number of benzene rings is 1. The summed E-state index contributed by atoms with van der Waals surface area (Å²) < 4.78 is 0. The molecule has 1 aliphatic heterocycles. The first kappa shape index (κ1) is 10.3. The number of Topliss-reactive ketones (excluding diaryl/α,β-unsaturated/α-hetero) is 1. The first-order valence-corrected chi connectivity index (χ1v) is 5.23. The average molecular weight is 205 g/mol. The van der Waals surface area contributed by atoms with E-state index in [0.29, 0.717) is 19.5 Å². The fraction of sp³-hybridized carbons (Fsp3) is 0.417. The molecule has 1 heterocycles. The monoisotopic (exact) mass is 205 g/mol. The van der Waals surface area contributed by atoms with Crippen LogP contribution in [0.15, 0.2) is 30.3 Å². The molecule has 1 aromatic carbocycles. The zero-order chi connectivity index (χ0) is 10.7. The summed E-state index contributed by atoms with van der Waals surface area (Å²) in [5, 5.41) is 9.91. The van der Waals surface area contributed by atoms with E-state index in [4.69, 9.17) is 0 Å². The van der Waals surface area contributed by atoms with Crippen molar-refractivity contribution in [2.24, 2.45) is 0 Å². The van der Waals surface area contributed by atoms with Gasteiger partial charge in [0.2, 0.25) is 0 Å². The zero-order valence-electron chi connectivity index (χ0n) is 8.60. The number of rotatable bonds is 3. The Balaban J connectivity index is 1.92. The summed E-state index contributed by atoms with van der Waals surface area (Å²) in [7, 11) is 0. The van der Waals surface area contributed by atoms with Gasteiger partial charge in [0.25, 0.3) is 0 Å². The standard InChI is InChI=1S/C12H15NO2/c14-11-6-7-13(8-11)9-12(15)10-4-2-1-3-5-10/h1-5,12,15H,6-9H2/t12-/m1/s1. The number of β-amino-alcohol motifs (C(OH)–C–C–N with tert-alkyl or cyclic N) is 1. The second kappa shape index (κ2) is 4.55. The van der Waals surface area contributed by atoms with Crippen molar-refractivity contribution in [2.75, 3.05) is 19.6 Å². The Morgan fingerprint density at radius 2 is 2.07 bits per heavy atom. The summed E-state index contributed by atoms with van der Waals surface area (Å²) in [6.45, 7) is 1.82. The molecule has 3 heteroatoms. The van der Waals surface area contributed by atoms with Crippen LogP contribution in [-0.4, -0.2) is 35.4 Å². The van der Waals surface area contributed by atoms with Crippen LogP contribution in [0.2, 0.25) is 0 Å². The number of nitrogens with zero attached hydrogens (tertiary/aromatic N) is 1. The minimum absolute atomic E-state index is 0.273. The molecule has 2 rings (SSSR count). The Kier molecular flexibility index (Phi) is 3.14. The maximum Gasteiger partial charge on any atom is 0.148 e. The second-order valence-electron chi connectivity index (χ2n) is 3.95. The van der Waals surface area contributed by atoms with Crippen LogP contribution < -0.4 is 0 Å². The molecule has 0 amide bonds. The smallest absolute Gasteiger partial charge is 0.148 e. The maximum atomic E-state index is 11.0. The van der Waals surface area contributed by atoms with Crippen molar-refractivity contribution in [1.29, 1.82) is 0 Å². The van der Waals surface area contributed by atoms with E-state index >= 15 is 0 Å². The Morgan fingerprint density at radius 1 is 1.33 bits per heavy atom. The molecule has 80 valence electrons. The van der Waals surface area contributed by atoms with Crippen molar-refractivity contribution >= 4 is 5.78 Å². The van der Waals surface area contributed by atoms with Crippen LogP contribution in [-0.2, 0) is 4.79 Å². The van der Waals surface area contributed by atoms with E-state index in [2.05, 4.69) is 0 Å². The number of hydrogen-bond donors (Lipinski definition) is 1. The van der Waals surface area contributed by atoms with Gasteiger partial charge in [-0.05, 0) is 5.56 Å². The number of ketones is 1. The van der Waals surface area contributed by atoms with Gasteiger partial charge in [-0.15, -0.1) is 0 Å². The van der Waals surface area contributed by atoms with Gasteiger partial charge in [0.05, 0.1) is 12.6 Å². The van der Waals surface area contributed by atoms with Crippen molar-refractivity contribution in [3.8, 4) is 0 Å². The molecule has 1 fully saturated rings. The number of likely N-dealkylation sites (tertiary alicyclic amines) is 1. The second-order valence-corrected chi connectivity index (χ2v) is 3.95. The highest BCUT2D eigenvalue weighted by Gasteiger charge is 2.21.